The molecule has 5 nitrogen and oxygen atoms in total. The molecule has 2 aliphatic heterocycles. The van der Waals surface area contributed by atoms with Gasteiger partial charge in [-0.15, -0.1) is 0 Å². The standard InChI is InChI=1S/C17H22N4O/c22-14-7-4-10-21(14)17-15-12(11-19-17)8-9-18-16(15)20-13-5-2-1-3-6-13/h8-9,13H,1-7,10-11H2,(H,18,20). The van der Waals surface area contributed by atoms with E-state index in [4.69, 9.17) is 0 Å². The molecule has 1 saturated carbocycles. The van der Waals surface area contributed by atoms with Crippen LogP contribution in [0.25, 0.3) is 0 Å². The Morgan fingerprint density at radius 2 is 2.05 bits per heavy atom. The van der Waals surface area contributed by atoms with Crippen LogP contribution in [0.1, 0.15) is 56.1 Å². The van der Waals surface area contributed by atoms with Crippen molar-refractivity contribution in [1.29, 1.82) is 0 Å². The number of carbonyl (C=O) groups excluding carboxylic acids is 1. The molecule has 2 fully saturated rings. The average Bonchev–Trinajstić information content (AvgIpc) is 3.15. The largest absolute Gasteiger partial charge is 0.367 e. The monoisotopic (exact) mass is 298 g/mol. The summed E-state index contributed by atoms with van der Waals surface area (Å²) in [5.41, 5.74) is 2.24. The van der Waals surface area contributed by atoms with Gasteiger partial charge in [-0.3, -0.25) is 14.7 Å². The predicted octanol–water partition coefficient (Wildman–Crippen LogP) is 2.71. The van der Waals surface area contributed by atoms with Crippen molar-refractivity contribution in [3.63, 3.8) is 0 Å². The van der Waals surface area contributed by atoms with Gasteiger partial charge in [-0.05, 0) is 30.9 Å². The average molecular weight is 298 g/mol. The van der Waals surface area contributed by atoms with Crippen LogP contribution in [0.4, 0.5) is 5.82 Å². The molecular formula is C17H22N4O. The number of nitrogens with zero attached hydrogens (tertiary/aromatic N) is 3. The van der Waals surface area contributed by atoms with Gasteiger partial charge >= 0.3 is 0 Å². The van der Waals surface area contributed by atoms with Gasteiger partial charge in [0, 0.05) is 25.2 Å². The van der Waals surface area contributed by atoms with E-state index in [0.29, 0.717) is 19.0 Å². The highest BCUT2D eigenvalue weighted by molar-refractivity contribution is 6.13. The van der Waals surface area contributed by atoms with Crippen LogP contribution in [0.15, 0.2) is 17.3 Å². The fourth-order valence-electron chi connectivity index (χ4n) is 3.76. The van der Waals surface area contributed by atoms with E-state index in [1.807, 2.05) is 17.2 Å². The molecule has 3 heterocycles. The number of amides is 1. The molecule has 1 aromatic heterocycles. The van der Waals surface area contributed by atoms with Crippen LogP contribution in [0.3, 0.4) is 0 Å². The van der Waals surface area contributed by atoms with Crippen molar-refractivity contribution in [2.75, 3.05) is 11.9 Å². The lowest BCUT2D eigenvalue weighted by atomic mass is 9.95. The third-order valence-electron chi connectivity index (χ3n) is 4.94. The van der Waals surface area contributed by atoms with Crippen LogP contribution in [-0.4, -0.2) is 34.2 Å². The van der Waals surface area contributed by atoms with Gasteiger partial charge in [0.15, 0.2) is 0 Å². The van der Waals surface area contributed by atoms with Crippen LogP contribution < -0.4 is 5.32 Å². The molecule has 0 atom stereocenters. The minimum Gasteiger partial charge on any atom is -0.367 e. The second-order valence-electron chi connectivity index (χ2n) is 6.46. The zero-order chi connectivity index (χ0) is 14.9. The lowest BCUT2D eigenvalue weighted by Crippen LogP contribution is -2.33. The molecule has 1 N–H and O–H groups in total. The molecule has 0 bridgehead atoms. The van der Waals surface area contributed by atoms with Gasteiger partial charge in [0.1, 0.15) is 11.7 Å². The van der Waals surface area contributed by atoms with Crippen LogP contribution >= 0.6 is 0 Å². The minimum atomic E-state index is 0.194. The minimum absolute atomic E-state index is 0.194. The summed E-state index contributed by atoms with van der Waals surface area (Å²) in [6, 6.07) is 2.53. The van der Waals surface area contributed by atoms with Crippen LogP contribution in [0.5, 0.6) is 0 Å². The molecule has 0 spiro atoms. The van der Waals surface area contributed by atoms with Crippen molar-refractivity contribution in [1.82, 2.24) is 9.88 Å². The fourth-order valence-corrected chi connectivity index (χ4v) is 3.76. The molecule has 22 heavy (non-hydrogen) atoms. The summed E-state index contributed by atoms with van der Waals surface area (Å²) in [6.07, 6.45) is 9.76. The number of hydrogen-bond acceptors (Lipinski definition) is 4. The first-order valence-electron chi connectivity index (χ1n) is 8.42. The molecule has 0 aromatic carbocycles. The third-order valence-corrected chi connectivity index (χ3v) is 4.94. The van der Waals surface area contributed by atoms with Crippen molar-refractivity contribution < 1.29 is 4.79 Å². The first-order chi connectivity index (χ1) is 10.8. The number of aromatic nitrogens is 1. The molecule has 1 amide bonds. The first-order valence-corrected chi connectivity index (χ1v) is 8.42. The highest BCUT2D eigenvalue weighted by atomic mass is 16.2. The van der Waals surface area contributed by atoms with Crippen molar-refractivity contribution in [2.45, 2.75) is 57.5 Å². The van der Waals surface area contributed by atoms with Crippen molar-refractivity contribution >= 4 is 17.6 Å². The lowest BCUT2D eigenvalue weighted by Gasteiger charge is -2.25. The summed E-state index contributed by atoms with van der Waals surface area (Å²) in [7, 11) is 0. The molecule has 1 saturated heterocycles. The maximum absolute atomic E-state index is 12.1. The summed E-state index contributed by atoms with van der Waals surface area (Å²) in [4.78, 5) is 23.1. The van der Waals surface area contributed by atoms with E-state index < -0.39 is 0 Å². The van der Waals surface area contributed by atoms with Gasteiger partial charge < -0.3 is 5.32 Å². The van der Waals surface area contributed by atoms with Crippen LogP contribution in [0.2, 0.25) is 0 Å². The number of rotatable bonds is 2. The number of aliphatic imine (C=N–C) groups is 1. The number of amidine groups is 1. The van der Waals surface area contributed by atoms with Gasteiger partial charge in [0.2, 0.25) is 5.91 Å². The van der Waals surface area contributed by atoms with E-state index in [2.05, 4.69) is 15.3 Å². The van der Waals surface area contributed by atoms with E-state index in [1.54, 1.807) is 0 Å². The number of carbonyl (C=O) groups is 1. The lowest BCUT2D eigenvalue weighted by molar-refractivity contribution is -0.124. The number of likely N-dealkylation sites (tertiary alicyclic amines) is 1. The van der Waals surface area contributed by atoms with Crippen molar-refractivity contribution in [2.24, 2.45) is 4.99 Å². The van der Waals surface area contributed by atoms with Gasteiger partial charge in [0.25, 0.3) is 0 Å². The summed E-state index contributed by atoms with van der Waals surface area (Å²) < 4.78 is 0. The zero-order valence-electron chi connectivity index (χ0n) is 12.8. The Kier molecular flexibility index (Phi) is 3.56. The molecule has 3 aliphatic rings. The molecule has 0 radical (unpaired) electrons. The van der Waals surface area contributed by atoms with Crippen molar-refractivity contribution in [3.05, 3.63) is 23.4 Å². The van der Waals surface area contributed by atoms with E-state index in [9.17, 15) is 4.79 Å². The topological polar surface area (TPSA) is 57.6 Å². The molecule has 5 heteroatoms. The van der Waals surface area contributed by atoms with Gasteiger partial charge in [-0.25, -0.2) is 4.98 Å². The van der Waals surface area contributed by atoms with E-state index in [1.165, 1.54) is 37.7 Å². The quantitative estimate of drug-likeness (QED) is 0.913. The Bertz CT molecular complexity index is 619. The zero-order valence-corrected chi connectivity index (χ0v) is 12.8. The number of fused-ring (bicyclic) bond motifs is 1. The Balaban J connectivity index is 1.63. The number of hydrogen-bond donors (Lipinski definition) is 1. The van der Waals surface area contributed by atoms with Crippen molar-refractivity contribution in [3.8, 4) is 0 Å². The van der Waals surface area contributed by atoms with E-state index in [-0.39, 0.29) is 5.91 Å². The van der Waals surface area contributed by atoms with Crippen LogP contribution in [-0.2, 0) is 11.3 Å². The Morgan fingerprint density at radius 1 is 1.18 bits per heavy atom. The molecule has 4 rings (SSSR count). The highest BCUT2D eigenvalue weighted by Gasteiger charge is 2.32. The predicted molar refractivity (Wildman–Crippen MR) is 85.9 cm³/mol. The first kappa shape index (κ1) is 13.7. The normalized spacial score (nSPS) is 21.9. The molecule has 0 unspecified atom stereocenters. The van der Waals surface area contributed by atoms with Gasteiger partial charge in [0.05, 0.1) is 12.1 Å². The van der Waals surface area contributed by atoms with Crippen LogP contribution in [0, 0.1) is 0 Å². The second-order valence-corrected chi connectivity index (χ2v) is 6.46. The molecule has 116 valence electrons. The summed E-state index contributed by atoms with van der Waals surface area (Å²) in [5, 5.41) is 3.62. The maximum Gasteiger partial charge on any atom is 0.228 e. The number of anilines is 1. The number of pyridine rings is 1. The van der Waals surface area contributed by atoms with E-state index in [0.717, 1.165) is 30.2 Å². The SMILES string of the molecule is O=C1CCCN1C1=NCc2ccnc(NC3CCCCC3)c21. The smallest absolute Gasteiger partial charge is 0.228 e. The molecule has 1 aliphatic carbocycles. The van der Waals surface area contributed by atoms with Gasteiger partial charge in [-0.2, -0.15) is 0 Å². The highest BCUT2D eigenvalue weighted by Crippen LogP contribution is 2.30. The fraction of sp³-hybridized carbons (Fsp3) is 0.588. The summed E-state index contributed by atoms with van der Waals surface area (Å²) in [6.45, 7) is 1.45. The Labute approximate surface area is 130 Å². The van der Waals surface area contributed by atoms with Gasteiger partial charge in [-0.1, -0.05) is 19.3 Å². The number of nitrogens with one attached hydrogen (secondary N) is 1. The molecule has 1 aromatic rings. The Hall–Kier alpha value is -1.91. The summed E-state index contributed by atoms with van der Waals surface area (Å²) in [5.74, 6) is 1.95. The molecular weight excluding hydrogens is 276 g/mol. The Morgan fingerprint density at radius 3 is 2.82 bits per heavy atom. The second kappa shape index (κ2) is 5.71. The maximum atomic E-state index is 12.1. The third kappa shape index (κ3) is 2.38. The van der Waals surface area contributed by atoms with E-state index >= 15 is 0 Å². The summed E-state index contributed by atoms with van der Waals surface area (Å²) >= 11 is 0.